The monoisotopic (exact) mass is 1010 g/mol. The Balaban J connectivity index is 0.834. The van der Waals surface area contributed by atoms with Crippen molar-refractivity contribution in [1.29, 1.82) is 0 Å². The third-order valence-electron chi connectivity index (χ3n) is 14.1. The zero-order valence-corrected chi connectivity index (χ0v) is 43.2. The lowest BCUT2D eigenvalue weighted by atomic mass is 10.0. The van der Waals surface area contributed by atoms with Crippen molar-refractivity contribution in [2.24, 2.45) is 0 Å². The highest BCUT2D eigenvalue weighted by molar-refractivity contribution is 5.84. The Morgan fingerprint density at radius 2 is 0.532 bits per heavy atom. The number of hydrogen-bond donors (Lipinski definition) is 0. The van der Waals surface area contributed by atoms with Crippen LogP contribution in [0.25, 0.3) is 33.4 Å². The van der Waals surface area contributed by atoms with Crippen molar-refractivity contribution < 1.29 is 13.2 Å². The molecule has 0 saturated carbocycles. The van der Waals surface area contributed by atoms with Crippen LogP contribution in [-0.2, 0) is 0 Å². The number of benzene rings is 11. The van der Waals surface area contributed by atoms with E-state index in [4.69, 9.17) is 0 Å². The summed E-state index contributed by atoms with van der Waals surface area (Å²) >= 11 is 0. The van der Waals surface area contributed by atoms with E-state index in [-0.39, 0.29) is 17.5 Å². The van der Waals surface area contributed by atoms with Gasteiger partial charge in [0.25, 0.3) is 0 Å². The molecular weight excluding hydrogens is 954 g/mol. The highest BCUT2D eigenvalue weighted by Gasteiger charge is 2.19. The first-order chi connectivity index (χ1) is 37.5. The van der Waals surface area contributed by atoms with E-state index in [1.807, 2.05) is 59.3 Å². The number of halogens is 3. The Labute approximate surface area is 449 Å². The molecule has 0 aliphatic carbocycles. The van der Waals surface area contributed by atoms with Crippen LogP contribution in [-0.4, -0.2) is 7.05 Å². The standard InChI is InChI=1S/C70H55F3N4/c1-48-14-29-65(30-15-48)77(70-43-16-49(2)44-50(70)3)66-41-27-56(28-42-66)55-25-39-64(40-26-55)76(69-13-7-10-59(73)47-69)63-37-23-54(24-38-63)53-21-35-62(36-22-53)75(68-12-6-9-58(72)46-68)61-33-19-52(20-34-61)51-17-31-60(32-18-51)74(4)67-11-5-8-57(71)45-67/h5-47H,1-4H3. The molecule has 0 amide bonds. The number of anilines is 11. The molecule has 0 atom stereocenters. The Morgan fingerprint density at radius 1 is 0.247 bits per heavy atom. The Hall–Kier alpha value is -9.59. The van der Waals surface area contributed by atoms with E-state index in [0.29, 0.717) is 11.4 Å². The third-order valence-corrected chi connectivity index (χ3v) is 14.1. The summed E-state index contributed by atoms with van der Waals surface area (Å²) in [6.07, 6.45) is 0. The highest BCUT2D eigenvalue weighted by Crippen LogP contribution is 2.42. The second-order valence-corrected chi connectivity index (χ2v) is 19.4. The predicted octanol–water partition coefficient (Wildman–Crippen LogP) is 20.2. The molecule has 0 aromatic heterocycles. The van der Waals surface area contributed by atoms with Gasteiger partial charge in [-0.2, -0.15) is 0 Å². The van der Waals surface area contributed by atoms with Gasteiger partial charge < -0.3 is 19.6 Å². The molecule has 0 bridgehead atoms. The minimum atomic E-state index is -0.326. The summed E-state index contributed by atoms with van der Waals surface area (Å²) in [7, 11) is 1.92. The molecule has 0 radical (unpaired) electrons. The van der Waals surface area contributed by atoms with Crippen molar-refractivity contribution in [3.8, 4) is 33.4 Å². The van der Waals surface area contributed by atoms with E-state index in [9.17, 15) is 13.2 Å². The molecule has 7 heteroatoms. The van der Waals surface area contributed by atoms with Crippen molar-refractivity contribution in [2.45, 2.75) is 20.8 Å². The maximum atomic E-state index is 14.9. The lowest BCUT2D eigenvalue weighted by molar-refractivity contribution is 0.627. The quantitative estimate of drug-likeness (QED) is 0.108. The normalized spacial score (nSPS) is 11.1. The second-order valence-electron chi connectivity index (χ2n) is 19.4. The molecule has 11 aromatic carbocycles. The summed E-state index contributed by atoms with van der Waals surface area (Å²) < 4.78 is 43.7. The lowest BCUT2D eigenvalue weighted by Crippen LogP contribution is -2.11. The van der Waals surface area contributed by atoms with Gasteiger partial charge in [0.15, 0.2) is 0 Å². The first-order valence-electron chi connectivity index (χ1n) is 25.7. The largest absolute Gasteiger partial charge is 0.345 e. The smallest absolute Gasteiger partial charge is 0.125 e. The summed E-state index contributed by atoms with van der Waals surface area (Å²) in [6, 6.07) is 85.1. The second kappa shape index (κ2) is 21.7. The maximum absolute atomic E-state index is 14.9. The van der Waals surface area contributed by atoms with E-state index in [0.717, 1.165) is 84.6 Å². The van der Waals surface area contributed by atoms with Crippen molar-refractivity contribution >= 4 is 62.6 Å². The molecule has 0 aliphatic rings. The Bertz CT molecular complexity index is 3800. The summed E-state index contributed by atoms with van der Waals surface area (Å²) in [5.41, 5.74) is 19.8. The Morgan fingerprint density at radius 3 is 0.870 bits per heavy atom. The van der Waals surface area contributed by atoms with E-state index in [2.05, 4.69) is 194 Å². The van der Waals surface area contributed by atoms with Gasteiger partial charge in [0.2, 0.25) is 0 Å². The van der Waals surface area contributed by atoms with Gasteiger partial charge in [-0.05, 0) is 205 Å². The van der Waals surface area contributed by atoms with Crippen LogP contribution in [0.5, 0.6) is 0 Å². The molecule has 11 aromatic rings. The molecule has 376 valence electrons. The minimum Gasteiger partial charge on any atom is -0.345 e. The Kier molecular flexibility index (Phi) is 14.0. The highest BCUT2D eigenvalue weighted by atomic mass is 19.1. The molecule has 77 heavy (non-hydrogen) atoms. The first kappa shape index (κ1) is 49.6. The first-order valence-corrected chi connectivity index (χ1v) is 25.7. The summed E-state index contributed by atoms with van der Waals surface area (Å²) in [5.74, 6) is -0.920. The number of aryl methyl sites for hydroxylation is 3. The van der Waals surface area contributed by atoms with Gasteiger partial charge in [-0.3, -0.25) is 0 Å². The van der Waals surface area contributed by atoms with Gasteiger partial charge in [0, 0.05) is 69.6 Å². The molecule has 0 fully saturated rings. The molecule has 0 spiro atoms. The number of nitrogens with zero attached hydrogens (tertiary/aromatic N) is 4. The molecule has 0 saturated heterocycles. The van der Waals surface area contributed by atoms with Crippen LogP contribution in [0.15, 0.2) is 261 Å². The summed E-state index contributed by atoms with van der Waals surface area (Å²) in [4.78, 5) is 8.37. The minimum absolute atomic E-state index is 0.277. The zero-order valence-electron chi connectivity index (χ0n) is 43.2. The molecular formula is C70H55F3N4. The van der Waals surface area contributed by atoms with E-state index in [1.54, 1.807) is 24.3 Å². The van der Waals surface area contributed by atoms with Gasteiger partial charge >= 0.3 is 0 Å². The lowest BCUT2D eigenvalue weighted by Gasteiger charge is -2.27. The summed E-state index contributed by atoms with van der Waals surface area (Å²) in [6.45, 7) is 6.39. The molecule has 11 rings (SSSR count). The van der Waals surface area contributed by atoms with Crippen molar-refractivity contribution in [3.63, 3.8) is 0 Å². The molecule has 0 N–H and O–H groups in total. The van der Waals surface area contributed by atoms with Crippen LogP contribution in [0.1, 0.15) is 16.7 Å². The van der Waals surface area contributed by atoms with Crippen LogP contribution in [0.2, 0.25) is 0 Å². The van der Waals surface area contributed by atoms with Gasteiger partial charge in [-0.1, -0.05) is 126 Å². The average Bonchev–Trinajstić information content (AvgIpc) is 3.46. The van der Waals surface area contributed by atoms with Gasteiger partial charge in [0.05, 0.1) is 0 Å². The molecule has 0 heterocycles. The fraction of sp³-hybridized carbons (Fsp3) is 0.0571. The maximum Gasteiger partial charge on any atom is 0.125 e. The van der Waals surface area contributed by atoms with E-state index in [1.165, 1.54) is 47.0 Å². The van der Waals surface area contributed by atoms with Crippen LogP contribution in [0, 0.1) is 38.2 Å². The van der Waals surface area contributed by atoms with Crippen LogP contribution in [0.4, 0.5) is 75.7 Å². The predicted molar refractivity (Wildman–Crippen MR) is 315 cm³/mol. The summed E-state index contributed by atoms with van der Waals surface area (Å²) in [5, 5.41) is 0. The number of rotatable bonds is 14. The average molecular weight is 1010 g/mol. The molecule has 4 nitrogen and oxygen atoms in total. The van der Waals surface area contributed by atoms with Crippen molar-refractivity contribution in [2.75, 3.05) is 26.6 Å². The fourth-order valence-electron chi connectivity index (χ4n) is 10.0. The van der Waals surface area contributed by atoms with Crippen molar-refractivity contribution in [3.05, 3.63) is 295 Å². The van der Waals surface area contributed by atoms with Crippen LogP contribution >= 0.6 is 0 Å². The molecule has 0 unspecified atom stereocenters. The topological polar surface area (TPSA) is 13.0 Å². The van der Waals surface area contributed by atoms with Gasteiger partial charge in [-0.15, -0.1) is 0 Å². The zero-order chi connectivity index (χ0) is 53.0. The fourth-order valence-corrected chi connectivity index (χ4v) is 10.0. The SMILES string of the molecule is Cc1ccc(N(c2ccc(-c3ccc(N(c4ccc(-c5ccc(N(c6ccc(-c7ccc(N(C)c8cccc(F)c8)cc7)cc6)c6cccc(F)c6)cc5)cc4)c4cccc(F)c4)cc3)cc2)c2ccc(C)cc2C)cc1. The third kappa shape index (κ3) is 10.8. The molecule has 0 aliphatic heterocycles. The number of hydrogen-bond acceptors (Lipinski definition) is 4. The van der Waals surface area contributed by atoms with Crippen LogP contribution in [0.3, 0.4) is 0 Å². The van der Waals surface area contributed by atoms with E-state index < -0.39 is 0 Å². The van der Waals surface area contributed by atoms with Gasteiger partial charge in [-0.25, -0.2) is 13.2 Å². The van der Waals surface area contributed by atoms with E-state index >= 15 is 0 Å². The van der Waals surface area contributed by atoms with Crippen molar-refractivity contribution in [1.82, 2.24) is 0 Å². The van der Waals surface area contributed by atoms with Crippen LogP contribution < -0.4 is 19.6 Å². The van der Waals surface area contributed by atoms with Gasteiger partial charge in [0.1, 0.15) is 17.5 Å².